The van der Waals surface area contributed by atoms with E-state index in [1.165, 1.54) is 7.11 Å². The van der Waals surface area contributed by atoms with Gasteiger partial charge in [-0.25, -0.2) is 0 Å². The number of hydrogen-bond acceptors (Lipinski definition) is 5. The highest BCUT2D eigenvalue weighted by Crippen LogP contribution is 2.36. The Hall–Kier alpha value is -2.97. The predicted molar refractivity (Wildman–Crippen MR) is 120 cm³/mol. The topological polar surface area (TPSA) is 80.9 Å². The monoisotopic (exact) mass is 447 g/mol. The number of halogens is 1. The minimum absolute atomic E-state index is 0.342. The van der Waals surface area contributed by atoms with E-state index in [-0.39, 0.29) is 5.91 Å². The number of benzene rings is 2. The molecular formula is C21H22ClN3O4S. The van der Waals surface area contributed by atoms with Gasteiger partial charge in [0.2, 0.25) is 0 Å². The maximum Gasteiger partial charge on any atom is 0.255 e. The summed E-state index contributed by atoms with van der Waals surface area (Å²) < 4.78 is 16.2. The number of methoxy groups -OCH3 is 3. The van der Waals surface area contributed by atoms with E-state index in [0.29, 0.717) is 49.9 Å². The Kier molecular flexibility index (Phi) is 6.69. The van der Waals surface area contributed by atoms with E-state index < -0.39 is 6.04 Å². The maximum atomic E-state index is 13.3. The van der Waals surface area contributed by atoms with Crippen LogP contribution in [0.15, 0.2) is 47.7 Å². The van der Waals surface area contributed by atoms with Gasteiger partial charge in [-0.2, -0.15) is 0 Å². The van der Waals surface area contributed by atoms with Gasteiger partial charge in [-0.15, -0.1) is 0 Å². The molecule has 1 atom stereocenters. The number of ether oxygens (including phenoxy) is 3. The van der Waals surface area contributed by atoms with Gasteiger partial charge in [0.15, 0.2) is 5.11 Å². The highest BCUT2D eigenvalue weighted by atomic mass is 35.5. The maximum absolute atomic E-state index is 13.3. The third kappa shape index (κ3) is 4.44. The van der Waals surface area contributed by atoms with E-state index >= 15 is 0 Å². The van der Waals surface area contributed by atoms with Gasteiger partial charge in [0.25, 0.3) is 5.91 Å². The van der Waals surface area contributed by atoms with Crippen LogP contribution in [-0.4, -0.2) is 32.3 Å². The summed E-state index contributed by atoms with van der Waals surface area (Å²) in [4.78, 5) is 13.3. The van der Waals surface area contributed by atoms with Gasteiger partial charge in [0.05, 0.1) is 38.6 Å². The second kappa shape index (κ2) is 9.23. The summed E-state index contributed by atoms with van der Waals surface area (Å²) in [5, 5.41) is 9.93. The van der Waals surface area contributed by atoms with Crippen molar-refractivity contribution < 1.29 is 19.0 Å². The van der Waals surface area contributed by atoms with E-state index in [2.05, 4.69) is 16.0 Å². The van der Waals surface area contributed by atoms with Crippen LogP contribution < -0.4 is 30.2 Å². The number of nitrogens with one attached hydrogen (secondary N) is 3. The van der Waals surface area contributed by atoms with Crippen molar-refractivity contribution in [1.29, 1.82) is 0 Å². The Morgan fingerprint density at radius 2 is 1.77 bits per heavy atom. The molecule has 1 amide bonds. The highest BCUT2D eigenvalue weighted by Gasteiger charge is 2.32. The van der Waals surface area contributed by atoms with Crippen LogP contribution in [0.2, 0.25) is 5.02 Å². The third-order valence-electron chi connectivity index (χ3n) is 4.67. The Morgan fingerprint density at radius 3 is 2.43 bits per heavy atom. The minimum Gasteiger partial charge on any atom is -0.497 e. The first kappa shape index (κ1) is 21.7. The molecule has 1 aliphatic rings. The number of rotatable bonds is 6. The summed E-state index contributed by atoms with van der Waals surface area (Å²) in [6.45, 7) is 1.79. The van der Waals surface area contributed by atoms with Crippen LogP contribution in [-0.2, 0) is 4.79 Å². The lowest BCUT2D eigenvalue weighted by Gasteiger charge is -2.31. The number of anilines is 1. The molecule has 0 aromatic heterocycles. The zero-order valence-corrected chi connectivity index (χ0v) is 18.5. The number of amides is 1. The fourth-order valence-corrected chi connectivity index (χ4v) is 3.70. The summed E-state index contributed by atoms with van der Waals surface area (Å²) in [6.07, 6.45) is 0. The normalized spacial score (nSPS) is 15.8. The number of thiocarbonyl (C=S) groups is 1. The Morgan fingerprint density at radius 1 is 1.07 bits per heavy atom. The summed E-state index contributed by atoms with van der Waals surface area (Å²) >= 11 is 11.4. The van der Waals surface area contributed by atoms with E-state index in [0.717, 1.165) is 0 Å². The van der Waals surface area contributed by atoms with Crippen LogP contribution in [0.25, 0.3) is 0 Å². The predicted octanol–water partition coefficient (Wildman–Crippen LogP) is 3.80. The molecule has 0 radical (unpaired) electrons. The van der Waals surface area contributed by atoms with Crippen LogP contribution in [0, 0.1) is 0 Å². The second-order valence-electron chi connectivity index (χ2n) is 6.48. The van der Waals surface area contributed by atoms with Crippen molar-refractivity contribution >= 4 is 40.5 Å². The first-order valence-electron chi connectivity index (χ1n) is 9.03. The van der Waals surface area contributed by atoms with Crippen molar-refractivity contribution in [2.24, 2.45) is 0 Å². The molecule has 0 aliphatic carbocycles. The molecule has 0 fully saturated rings. The van der Waals surface area contributed by atoms with Gasteiger partial charge < -0.3 is 30.2 Å². The molecular weight excluding hydrogens is 426 g/mol. The van der Waals surface area contributed by atoms with Gasteiger partial charge in [-0.3, -0.25) is 4.79 Å². The smallest absolute Gasteiger partial charge is 0.255 e. The second-order valence-corrected chi connectivity index (χ2v) is 7.32. The van der Waals surface area contributed by atoms with Gasteiger partial charge in [0.1, 0.15) is 17.2 Å². The molecule has 0 saturated carbocycles. The number of carbonyl (C=O) groups is 1. The molecule has 0 spiro atoms. The number of allylic oxidation sites excluding steroid dienone is 1. The lowest BCUT2D eigenvalue weighted by molar-refractivity contribution is -0.113. The molecule has 7 nitrogen and oxygen atoms in total. The van der Waals surface area contributed by atoms with E-state index in [1.54, 1.807) is 51.5 Å². The number of carbonyl (C=O) groups excluding carboxylic acids is 1. The average molecular weight is 448 g/mol. The fourth-order valence-electron chi connectivity index (χ4n) is 3.26. The van der Waals surface area contributed by atoms with E-state index in [9.17, 15) is 4.79 Å². The molecule has 3 N–H and O–H groups in total. The summed E-state index contributed by atoms with van der Waals surface area (Å²) in [5.74, 6) is 1.38. The highest BCUT2D eigenvalue weighted by molar-refractivity contribution is 7.80. The molecule has 0 saturated heterocycles. The fraction of sp³-hybridized carbons (Fsp3) is 0.238. The number of hydrogen-bond donors (Lipinski definition) is 3. The van der Waals surface area contributed by atoms with Crippen molar-refractivity contribution in [2.75, 3.05) is 26.6 Å². The molecule has 30 heavy (non-hydrogen) atoms. The summed E-state index contributed by atoms with van der Waals surface area (Å²) in [6, 6.07) is 9.82. The Labute approximate surface area is 185 Å². The molecule has 9 heteroatoms. The van der Waals surface area contributed by atoms with Gasteiger partial charge in [0, 0.05) is 16.3 Å². The Bertz CT molecular complexity index is 1030. The van der Waals surface area contributed by atoms with Gasteiger partial charge in [-0.05, 0) is 55.5 Å². The molecule has 1 heterocycles. The van der Waals surface area contributed by atoms with E-state index in [1.807, 2.05) is 6.07 Å². The zero-order valence-electron chi connectivity index (χ0n) is 17.0. The van der Waals surface area contributed by atoms with Crippen LogP contribution in [0.1, 0.15) is 18.5 Å². The standard InChI is InChI=1S/C21H22ClN3O4S/c1-11-18(20(26)24-15-9-12(22)5-7-17(15)29-4)19(25-21(30)23-11)14-10-13(27-2)6-8-16(14)28-3/h5-10,19H,1-4H3,(H,24,26)(H2,23,25,30). The zero-order chi connectivity index (χ0) is 21.8. The van der Waals surface area contributed by atoms with Gasteiger partial charge in [-0.1, -0.05) is 11.6 Å². The van der Waals surface area contributed by atoms with E-state index in [4.69, 9.17) is 38.0 Å². The molecule has 1 aliphatic heterocycles. The molecule has 1 unspecified atom stereocenters. The molecule has 2 aromatic rings. The summed E-state index contributed by atoms with van der Waals surface area (Å²) in [5.41, 5.74) is 2.23. The molecule has 2 aromatic carbocycles. The van der Waals surface area contributed by atoms with Crippen molar-refractivity contribution in [2.45, 2.75) is 13.0 Å². The molecule has 0 bridgehead atoms. The van der Waals surface area contributed by atoms with Crippen molar-refractivity contribution in [1.82, 2.24) is 10.6 Å². The third-order valence-corrected chi connectivity index (χ3v) is 5.13. The SMILES string of the molecule is COc1ccc(OC)c(C2NC(=S)NC(C)=C2C(=O)Nc2cc(Cl)ccc2OC)c1. The van der Waals surface area contributed by atoms with Crippen molar-refractivity contribution in [3.05, 3.63) is 58.3 Å². The minimum atomic E-state index is -0.561. The van der Waals surface area contributed by atoms with Crippen LogP contribution in [0.3, 0.4) is 0 Å². The lowest BCUT2D eigenvalue weighted by Crippen LogP contribution is -2.45. The van der Waals surface area contributed by atoms with Gasteiger partial charge >= 0.3 is 0 Å². The summed E-state index contributed by atoms with van der Waals surface area (Å²) in [7, 11) is 4.67. The first-order valence-corrected chi connectivity index (χ1v) is 9.81. The van der Waals surface area contributed by atoms with Crippen LogP contribution in [0.5, 0.6) is 17.2 Å². The Balaban J connectivity index is 2.05. The molecule has 158 valence electrons. The largest absolute Gasteiger partial charge is 0.497 e. The lowest BCUT2D eigenvalue weighted by atomic mass is 9.94. The quantitative estimate of drug-likeness (QED) is 0.581. The van der Waals surface area contributed by atoms with Crippen LogP contribution in [0.4, 0.5) is 5.69 Å². The van der Waals surface area contributed by atoms with Crippen molar-refractivity contribution in [3.63, 3.8) is 0 Å². The first-order chi connectivity index (χ1) is 14.4. The van der Waals surface area contributed by atoms with Crippen molar-refractivity contribution in [3.8, 4) is 17.2 Å². The molecule has 3 rings (SSSR count). The van der Waals surface area contributed by atoms with Crippen LogP contribution >= 0.6 is 23.8 Å². The average Bonchev–Trinajstić information content (AvgIpc) is 2.72.